The van der Waals surface area contributed by atoms with Gasteiger partial charge in [0.1, 0.15) is 12.4 Å². The number of hydrogen-bond acceptors (Lipinski definition) is 5. The largest absolute Gasteiger partial charge is 0.497 e. The third-order valence-electron chi connectivity index (χ3n) is 2.68. The SMILES string of the molecule is COC(=O)C1=C(c2ccc(OC)cc2)COC1=O. The number of benzene rings is 1. The fourth-order valence-corrected chi connectivity index (χ4v) is 1.73. The van der Waals surface area contributed by atoms with Crippen molar-refractivity contribution in [3.8, 4) is 5.75 Å². The maximum absolute atomic E-state index is 11.5. The van der Waals surface area contributed by atoms with Gasteiger partial charge in [0.25, 0.3) is 0 Å². The van der Waals surface area contributed by atoms with Crippen LogP contribution in [0.4, 0.5) is 0 Å². The first kappa shape index (κ1) is 12.2. The van der Waals surface area contributed by atoms with Gasteiger partial charge in [0.15, 0.2) is 5.57 Å². The Labute approximate surface area is 104 Å². The predicted octanol–water partition coefficient (Wildman–Crippen LogP) is 1.18. The van der Waals surface area contributed by atoms with Crippen LogP contribution in [0.1, 0.15) is 5.56 Å². The lowest BCUT2D eigenvalue weighted by atomic mass is 10.0. The third-order valence-corrected chi connectivity index (χ3v) is 2.68. The van der Waals surface area contributed by atoms with Crippen molar-refractivity contribution in [2.75, 3.05) is 20.8 Å². The summed E-state index contributed by atoms with van der Waals surface area (Å²) >= 11 is 0. The zero-order chi connectivity index (χ0) is 13.1. The van der Waals surface area contributed by atoms with E-state index in [4.69, 9.17) is 9.47 Å². The van der Waals surface area contributed by atoms with Crippen molar-refractivity contribution in [1.82, 2.24) is 0 Å². The summed E-state index contributed by atoms with van der Waals surface area (Å²) in [5.41, 5.74) is 1.24. The van der Waals surface area contributed by atoms with Crippen molar-refractivity contribution in [3.63, 3.8) is 0 Å². The second kappa shape index (κ2) is 4.91. The first-order valence-corrected chi connectivity index (χ1v) is 5.30. The van der Waals surface area contributed by atoms with Crippen LogP contribution in [0.3, 0.4) is 0 Å². The van der Waals surface area contributed by atoms with E-state index in [1.165, 1.54) is 7.11 Å². The van der Waals surface area contributed by atoms with Gasteiger partial charge >= 0.3 is 11.9 Å². The van der Waals surface area contributed by atoms with E-state index < -0.39 is 11.9 Å². The molecule has 1 aromatic carbocycles. The van der Waals surface area contributed by atoms with Crippen LogP contribution in [0.25, 0.3) is 5.57 Å². The fourth-order valence-electron chi connectivity index (χ4n) is 1.73. The Kier molecular flexibility index (Phi) is 3.32. The molecule has 0 bridgehead atoms. The second-order valence-corrected chi connectivity index (χ2v) is 3.65. The van der Waals surface area contributed by atoms with Crippen LogP contribution in [0.5, 0.6) is 5.75 Å². The number of hydrogen-bond donors (Lipinski definition) is 0. The fraction of sp³-hybridized carbons (Fsp3) is 0.231. The summed E-state index contributed by atoms with van der Waals surface area (Å²) in [7, 11) is 2.79. The van der Waals surface area contributed by atoms with E-state index in [-0.39, 0.29) is 12.2 Å². The molecule has 0 aliphatic carbocycles. The van der Waals surface area contributed by atoms with Gasteiger partial charge in [0.2, 0.25) is 0 Å². The van der Waals surface area contributed by atoms with Crippen molar-refractivity contribution < 1.29 is 23.8 Å². The van der Waals surface area contributed by atoms with Crippen LogP contribution in [0.2, 0.25) is 0 Å². The van der Waals surface area contributed by atoms with Crippen LogP contribution in [-0.2, 0) is 19.1 Å². The van der Waals surface area contributed by atoms with Gasteiger partial charge in [-0.3, -0.25) is 0 Å². The minimum atomic E-state index is -0.677. The van der Waals surface area contributed by atoms with E-state index in [9.17, 15) is 9.59 Å². The minimum absolute atomic E-state index is 0.0392. The van der Waals surface area contributed by atoms with Gasteiger partial charge < -0.3 is 14.2 Å². The zero-order valence-electron chi connectivity index (χ0n) is 10.1. The molecule has 0 saturated carbocycles. The molecular weight excluding hydrogens is 236 g/mol. The van der Waals surface area contributed by atoms with Gasteiger partial charge in [0.05, 0.1) is 14.2 Å². The van der Waals surface area contributed by atoms with Crippen molar-refractivity contribution in [3.05, 3.63) is 35.4 Å². The topological polar surface area (TPSA) is 61.8 Å². The van der Waals surface area contributed by atoms with E-state index in [1.807, 2.05) is 0 Å². The highest BCUT2D eigenvalue weighted by Crippen LogP contribution is 2.27. The number of methoxy groups -OCH3 is 2. The van der Waals surface area contributed by atoms with Crippen molar-refractivity contribution in [1.29, 1.82) is 0 Å². The van der Waals surface area contributed by atoms with Gasteiger partial charge in [-0.2, -0.15) is 0 Å². The summed E-state index contributed by atoms with van der Waals surface area (Å²) < 4.78 is 14.5. The first-order valence-electron chi connectivity index (χ1n) is 5.30. The molecule has 1 aromatic rings. The zero-order valence-corrected chi connectivity index (χ0v) is 10.1. The molecule has 0 fully saturated rings. The van der Waals surface area contributed by atoms with Crippen LogP contribution < -0.4 is 4.74 Å². The molecule has 1 aliphatic rings. The number of carbonyl (C=O) groups excluding carboxylic acids is 2. The highest BCUT2D eigenvalue weighted by molar-refractivity contribution is 6.22. The van der Waals surface area contributed by atoms with Gasteiger partial charge in [-0.05, 0) is 17.7 Å². The van der Waals surface area contributed by atoms with Crippen LogP contribution in [0, 0.1) is 0 Å². The lowest BCUT2D eigenvalue weighted by Crippen LogP contribution is -2.12. The average Bonchev–Trinajstić information content (AvgIpc) is 2.80. The van der Waals surface area contributed by atoms with Crippen LogP contribution >= 0.6 is 0 Å². The standard InChI is InChI=1S/C13H12O5/c1-16-9-5-3-8(4-6-9)10-7-18-13(15)11(10)12(14)17-2/h3-6H,7H2,1-2H3. The Morgan fingerprint density at radius 3 is 2.44 bits per heavy atom. The number of cyclic esters (lactones) is 1. The highest BCUT2D eigenvalue weighted by Gasteiger charge is 2.32. The highest BCUT2D eigenvalue weighted by atomic mass is 16.6. The Hall–Kier alpha value is -2.30. The van der Waals surface area contributed by atoms with E-state index in [1.54, 1.807) is 31.4 Å². The lowest BCUT2D eigenvalue weighted by Gasteiger charge is -2.04. The molecular formula is C13H12O5. The third kappa shape index (κ3) is 2.07. The number of rotatable bonds is 3. The molecule has 0 aromatic heterocycles. The summed E-state index contributed by atoms with van der Waals surface area (Å²) in [4.78, 5) is 23.0. The molecule has 2 rings (SSSR count). The molecule has 5 nitrogen and oxygen atoms in total. The van der Waals surface area contributed by atoms with E-state index in [0.29, 0.717) is 11.3 Å². The van der Waals surface area contributed by atoms with E-state index >= 15 is 0 Å². The summed E-state index contributed by atoms with van der Waals surface area (Å²) in [6, 6.07) is 7.03. The van der Waals surface area contributed by atoms with E-state index in [2.05, 4.69) is 4.74 Å². The molecule has 94 valence electrons. The molecule has 0 N–H and O–H groups in total. The summed E-state index contributed by atoms with van der Waals surface area (Å²) in [5.74, 6) is -0.625. The Morgan fingerprint density at radius 2 is 1.89 bits per heavy atom. The summed E-state index contributed by atoms with van der Waals surface area (Å²) in [6.07, 6.45) is 0. The molecule has 0 spiro atoms. The molecule has 0 unspecified atom stereocenters. The number of ether oxygens (including phenoxy) is 3. The van der Waals surface area contributed by atoms with Gasteiger partial charge in [0, 0.05) is 5.57 Å². The molecule has 0 radical (unpaired) electrons. The van der Waals surface area contributed by atoms with Gasteiger partial charge in [-0.1, -0.05) is 12.1 Å². The van der Waals surface area contributed by atoms with Crippen LogP contribution in [0.15, 0.2) is 29.8 Å². The molecule has 5 heteroatoms. The maximum atomic E-state index is 11.5. The first-order chi connectivity index (χ1) is 8.67. The van der Waals surface area contributed by atoms with Crippen molar-refractivity contribution >= 4 is 17.5 Å². The normalized spacial score (nSPS) is 14.4. The Balaban J connectivity index is 2.43. The van der Waals surface area contributed by atoms with Crippen LogP contribution in [-0.4, -0.2) is 32.8 Å². The monoisotopic (exact) mass is 248 g/mol. The summed E-state index contributed by atoms with van der Waals surface area (Å²) in [6.45, 7) is 0.0790. The average molecular weight is 248 g/mol. The van der Waals surface area contributed by atoms with Crippen molar-refractivity contribution in [2.24, 2.45) is 0 Å². The van der Waals surface area contributed by atoms with Gasteiger partial charge in [-0.25, -0.2) is 9.59 Å². The lowest BCUT2D eigenvalue weighted by molar-refractivity contribution is -0.143. The molecule has 0 atom stereocenters. The molecule has 0 saturated heterocycles. The van der Waals surface area contributed by atoms with E-state index in [0.717, 1.165) is 5.56 Å². The number of esters is 2. The molecule has 0 amide bonds. The molecule has 1 heterocycles. The minimum Gasteiger partial charge on any atom is -0.497 e. The Morgan fingerprint density at radius 1 is 1.22 bits per heavy atom. The maximum Gasteiger partial charge on any atom is 0.346 e. The number of carbonyl (C=O) groups is 2. The smallest absolute Gasteiger partial charge is 0.346 e. The quantitative estimate of drug-likeness (QED) is 0.593. The predicted molar refractivity (Wildman–Crippen MR) is 62.9 cm³/mol. The second-order valence-electron chi connectivity index (χ2n) is 3.65. The van der Waals surface area contributed by atoms with Gasteiger partial charge in [-0.15, -0.1) is 0 Å². The Bertz CT molecular complexity index is 513. The molecule has 1 aliphatic heterocycles. The summed E-state index contributed by atoms with van der Waals surface area (Å²) in [5, 5.41) is 0. The van der Waals surface area contributed by atoms with Crippen molar-refractivity contribution in [2.45, 2.75) is 0 Å². The molecule has 18 heavy (non-hydrogen) atoms.